The van der Waals surface area contributed by atoms with Gasteiger partial charge in [-0.15, -0.1) is 0 Å². The molecule has 0 saturated carbocycles. The molecule has 2 aromatic rings. The minimum atomic E-state index is -1.38. The second-order valence-corrected chi connectivity index (χ2v) is 7.68. The van der Waals surface area contributed by atoms with Gasteiger partial charge in [0.2, 0.25) is 0 Å². The Kier molecular flexibility index (Phi) is 6.23. The molecule has 7 heteroatoms. The topological polar surface area (TPSA) is 70.0 Å². The van der Waals surface area contributed by atoms with Crippen LogP contribution >= 0.6 is 11.6 Å². The number of carboxylic acids is 1. The number of aliphatic hydroxyl groups excluding tert-OH is 1. The summed E-state index contributed by atoms with van der Waals surface area (Å²) in [6.07, 6.45) is -0.547. The van der Waals surface area contributed by atoms with E-state index in [-0.39, 0.29) is 19.5 Å². The lowest BCUT2D eigenvalue weighted by Crippen LogP contribution is -2.56. The summed E-state index contributed by atoms with van der Waals surface area (Å²) in [4.78, 5) is 14.1. The summed E-state index contributed by atoms with van der Waals surface area (Å²) >= 11 is 5.81. The quantitative estimate of drug-likeness (QED) is 0.768. The molecule has 28 heavy (non-hydrogen) atoms. The molecule has 150 valence electrons. The van der Waals surface area contributed by atoms with E-state index in [1.807, 2.05) is 11.0 Å². The van der Waals surface area contributed by atoms with Gasteiger partial charge in [-0.25, -0.2) is 4.39 Å². The van der Waals surface area contributed by atoms with Gasteiger partial charge in [0, 0.05) is 30.2 Å². The largest absolute Gasteiger partial charge is 0.497 e. The van der Waals surface area contributed by atoms with Crippen LogP contribution in [-0.2, 0) is 17.8 Å². The van der Waals surface area contributed by atoms with Crippen LogP contribution in [0.1, 0.15) is 17.5 Å². The lowest BCUT2D eigenvalue weighted by Gasteiger charge is -2.43. The van der Waals surface area contributed by atoms with E-state index >= 15 is 0 Å². The number of hydrogen-bond acceptors (Lipinski definition) is 4. The van der Waals surface area contributed by atoms with Crippen molar-refractivity contribution in [2.24, 2.45) is 5.41 Å². The molecule has 0 spiro atoms. The van der Waals surface area contributed by atoms with Gasteiger partial charge in [-0.2, -0.15) is 0 Å². The van der Waals surface area contributed by atoms with Crippen LogP contribution in [0.25, 0.3) is 0 Å². The zero-order valence-electron chi connectivity index (χ0n) is 15.6. The number of halogens is 2. The van der Waals surface area contributed by atoms with Crippen molar-refractivity contribution in [3.05, 3.63) is 64.4 Å². The number of ether oxygens (including phenoxy) is 1. The molecule has 0 aromatic heterocycles. The first-order valence-electron chi connectivity index (χ1n) is 9.05. The van der Waals surface area contributed by atoms with Gasteiger partial charge in [-0.3, -0.25) is 9.69 Å². The van der Waals surface area contributed by atoms with Gasteiger partial charge >= 0.3 is 5.97 Å². The van der Waals surface area contributed by atoms with Crippen LogP contribution in [0.5, 0.6) is 5.75 Å². The van der Waals surface area contributed by atoms with Crippen molar-refractivity contribution < 1.29 is 24.1 Å². The Hall–Kier alpha value is -2.15. The molecule has 1 heterocycles. The minimum Gasteiger partial charge on any atom is -0.497 e. The number of aliphatic carboxylic acids is 1. The van der Waals surface area contributed by atoms with Crippen molar-refractivity contribution in [1.29, 1.82) is 0 Å². The maximum absolute atomic E-state index is 14.2. The smallest absolute Gasteiger partial charge is 0.313 e. The summed E-state index contributed by atoms with van der Waals surface area (Å²) in [5.41, 5.74) is -0.171. The van der Waals surface area contributed by atoms with Crippen molar-refractivity contribution >= 4 is 17.6 Å². The molecule has 2 atom stereocenters. The summed E-state index contributed by atoms with van der Waals surface area (Å²) < 4.78 is 19.4. The Labute approximate surface area is 168 Å². The van der Waals surface area contributed by atoms with Crippen molar-refractivity contribution in [3.8, 4) is 5.75 Å². The molecule has 0 amide bonds. The predicted molar refractivity (Wildman–Crippen MR) is 104 cm³/mol. The first kappa shape index (κ1) is 20.6. The number of likely N-dealkylation sites (tertiary alicyclic amines) is 1. The van der Waals surface area contributed by atoms with Gasteiger partial charge < -0.3 is 14.9 Å². The number of carbonyl (C=O) groups is 1. The number of carboxylic acid groups (broad SMARTS) is 1. The van der Waals surface area contributed by atoms with Crippen molar-refractivity contribution in [2.75, 3.05) is 20.2 Å². The van der Waals surface area contributed by atoms with Crippen LogP contribution in [0.3, 0.4) is 0 Å². The SMILES string of the molecule is COc1cccc(C[C@@]2(C(=O)O)CN(Cc3ccc(Cl)cc3F)CC[C@H]2O)c1. The number of hydrogen-bond donors (Lipinski definition) is 2. The number of benzene rings is 2. The Morgan fingerprint density at radius 1 is 1.36 bits per heavy atom. The molecule has 0 radical (unpaired) electrons. The maximum atomic E-state index is 14.2. The van der Waals surface area contributed by atoms with Gasteiger partial charge in [0.25, 0.3) is 0 Å². The molecule has 1 aliphatic rings. The van der Waals surface area contributed by atoms with Gasteiger partial charge in [-0.1, -0.05) is 29.8 Å². The summed E-state index contributed by atoms with van der Waals surface area (Å²) in [6, 6.07) is 11.6. The fraction of sp³-hybridized carbons (Fsp3) is 0.381. The van der Waals surface area contributed by atoms with Gasteiger partial charge in [0.1, 0.15) is 17.0 Å². The van der Waals surface area contributed by atoms with Crippen LogP contribution < -0.4 is 4.74 Å². The Morgan fingerprint density at radius 3 is 2.82 bits per heavy atom. The van der Waals surface area contributed by atoms with E-state index in [0.717, 1.165) is 5.56 Å². The predicted octanol–water partition coefficient (Wildman–Crippen LogP) is 3.37. The third kappa shape index (κ3) is 4.29. The molecule has 2 N–H and O–H groups in total. The van der Waals surface area contributed by atoms with E-state index in [0.29, 0.717) is 29.3 Å². The molecule has 3 rings (SSSR count). The molecule has 0 aliphatic carbocycles. The summed E-state index contributed by atoms with van der Waals surface area (Å²) in [5, 5.41) is 20.9. The van der Waals surface area contributed by atoms with E-state index in [4.69, 9.17) is 16.3 Å². The number of rotatable bonds is 6. The van der Waals surface area contributed by atoms with E-state index in [9.17, 15) is 19.4 Å². The first-order chi connectivity index (χ1) is 13.3. The fourth-order valence-electron chi connectivity index (χ4n) is 3.80. The number of aliphatic hydroxyl groups is 1. The summed E-state index contributed by atoms with van der Waals surface area (Å²) in [6.45, 7) is 0.849. The summed E-state index contributed by atoms with van der Waals surface area (Å²) in [7, 11) is 1.55. The second kappa shape index (κ2) is 8.47. The second-order valence-electron chi connectivity index (χ2n) is 7.24. The van der Waals surface area contributed by atoms with Crippen molar-refractivity contribution in [3.63, 3.8) is 0 Å². The average molecular weight is 408 g/mol. The first-order valence-corrected chi connectivity index (χ1v) is 9.42. The highest BCUT2D eigenvalue weighted by Crippen LogP contribution is 2.36. The number of piperidine rings is 1. The highest BCUT2D eigenvalue weighted by Gasteiger charge is 2.49. The standard InChI is InChI=1S/C21H23ClFNO4/c1-28-17-4-2-3-14(9-17)11-21(20(26)27)13-24(8-7-19(21)25)12-15-5-6-16(22)10-18(15)23/h2-6,9-10,19,25H,7-8,11-13H2,1H3,(H,26,27)/t19-,21-/m1/s1. The molecule has 1 saturated heterocycles. The molecule has 1 aliphatic heterocycles. The van der Waals surface area contributed by atoms with Crippen LogP contribution in [0.2, 0.25) is 5.02 Å². The van der Waals surface area contributed by atoms with Crippen LogP contribution in [-0.4, -0.2) is 47.4 Å². The van der Waals surface area contributed by atoms with Crippen LogP contribution in [0.4, 0.5) is 4.39 Å². The van der Waals surface area contributed by atoms with E-state index < -0.39 is 23.3 Å². The Morgan fingerprint density at radius 2 is 2.14 bits per heavy atom. The zero-order chi connectivity index (χ0) is 20.3. The maximum Gasteiger partial charge on any atom is 0.313 e. The molecule has 0 bridgehead atoms. The number of nitrogens with zero attached hydrogens (tertiary/aromatic N) is 1. The van der Waals surface area contributed by atoms with E-state index in [2.05, 4.69) is 0 Å². The molecular formula is C21H23ClFNO4. The van der Waals surface area contributed by atoms with Crippen molar-refractivity contribution in [2.45, 2.75) is 25.5 Å². The highest BCUT2D eigenvalue weighted by molar-refractivity contribution is 6.30. The summed E-state index contributed by atoms with van der Waals surface area (Å²) in [5.74, 6) is -0.861. The van der Waals surface area contributed by atoms with Crippen LogP contribution in [0, 0.1) is 11.2 Å². The molecule has 5 nitrogen and oxygen atoms in total. The van der Waals surface area contributed by atoms with Crippen molar-refractivity contribution in [1.82, 2.24) is 4.90 Å². The number of methoxy groups -OCH3 is 1. The van der Waals surface area contributed by atoms with Gasteiger partial charge in [0.15, 0.2) is 0 Å². The van der Waals surface area contributed by atoms with Crippen LogP contribution in [0.15, 0.2) is 42.5 Å². The third-order valence-electron chi connectivity index (χ3n) is 5.35. The van der Waals surface area contributed by atoms with Gasteiger partial charge in [-0.05, 0) is 42.7 Å². The molecule has 1 fully saturated rings. The molecular weight excluding hydrogens is 385 g/mol. The molecule has 2 aromatic carbocycles. The fourth-order valence-corrected chi connectivity index (χ4v) is 3.96. The average Bonchev–Trinajstić information content (AvgIpc) is 2.66. The Bertz CT molecular complexity index is 862. The Balaban J connectivity index is 1.85. The monoisotopic (exact) mass is 407 g/mol. The zero-order valence-corrected chi connectivity index (χ0v) is 16.3. The minimum absolute atomic E-state index is 0.114. The molecule has 0 unspecified atom stereocenters. The lowest BCUT2D eigenvalue weighted by molar-refractivity contribution is -0.163. The van der Waals surface area contributed by atoms with E-state index in [1.54, 1.807) is 37.4 Å². The highest BCUT2D eigenvalue weighted by atomic mass is 35.5. The van der Waals surface area contributed by atoms with E-state index in [1.165, 1.54) is 6.07 Å². The normalized spacial score (nSPS) is 22.8. The van der Waals surface area contributed by atoms with Gasteiger partial charge in [0.05, 0.1) is 13.2 Å². The lowest BCUT2D eigenvalue weighted by atomic mass is 9.72. The third-order valence-corrected chi connectivity index (χ3v) is 5.59.